The monoisotopic (exact) mass is 230 g/mol. The first-order valence-electron chi connectivity index (χ1n) is 5.36. The highest BCUT2D eigenvalue weighted by Crippen LogP contribution is 2.02. The van der Waals surface area contributed by atoms with Crippen LogP contribution >= 0.6 is 0 Å². The lowest BCUT2D eigenvalue weighted by molar-refractivity contribution is 0.727. The molecule has 0 radical (unpaired) electrons. The van der Waals surface area contributed by atoms with Crippen molar-refractivity contribution in [3.8, 4) is 0 Å². The second-order valence-electron chi connectivity index (χ2n) is 3.86. The number of aryl methyl sites for hydroxylation is 1. The van der Waals surface area contributed by atoms with Crippen molar-refractivity contribution in [3.05, 3.63) is 58.0 Å². The minimum Gasteiger partial charge on any atom is -0.325 e. The van der Waals surface area contributed by atoms with Gasteiger partial charge in [-0.05, 0) is 24.6 Å². The largest absolute Gasteiger partial charge is 0.325 e. The summed E-state index contributed by atoms with van der Waals surface area (Å²) in [5, 5.41) is 0. The maximum atomic E-state index is 11.7. The Balaban J connectivity index is 2.28. The minimum absolute atomic E-state index is 0.0522. The first-order chi connectivity index (χ1) is 8.19. The summed E-state index contributed by atoms with van der Waals surface area (Å²) in [6.45, 7) is 2.68. The molecule has 0 atom stereocenters. The van der Waals surface area contributed by atoms with Gasteiger partial charge in [0.25, 0.3) is 5.56 Å². The second kappa shape index (κ2) is 4.88. The van der Waals surface area contributed by atoms with Gasteiger partial charge in [0, 0.05) is 24.5 Å². The van der Waals surface area contributed by atoms with Gasteiger partial charge in [-0.15, -0.1) is 0 Å². The first kappa shape index (κ1) is 11.5. The number of pyridine rings is 1. The van der Waals surface area contributed by atoms with Crippen molar-refractivity contribution in [2.75, 3.05) is 0 Å². The summed E-state index contributed by atoms with van der Waals surface area (Å²) in [4.78, 5) is 19.9. The van der Waals surface area contributed by atoms with Crippen LogP contribution in [0.25, 0.3) is 0 Å². The molecule has 17 heavy (non-hydrogen) atoms. The van der Waals surface area contributed by atoms with E-state index in [1.54, 1.807) is 24.0 Å². The molecule has 2 heterocycles. The molecule has 0 aromatic carbocycles. The highest BCUT2D eigenvalue weighted by molar-refractivity contribution is 5.16. The molecular formula is C12H14N4O. The molecule has 2 aromatic heterocycles. The molecule has 0 aliphatic heterocycles. The molecule has 0 spiro atoms. The Bertz CT molecular complexity index is 577. The van der Waals surface area contributed by atoms with Crippen LogP contribution in [0.5, 0.6) is 0 Å². The average molecular weight is 230 g/mol. The van der Waals surface area contributed by atoms with E-state index in [2.05, 4.69) is 9.97 Å². The van der Waals surface area contributed by atoms with Crippen LogP contribution < -0.4 is 11.3 Å². The van der Waals surface area contributed by atoms with E-state index in [9.17, 15) is 4.79 Å². The number of nitrogens with zero attached hydrogens (tertiary/aromatic N) is 3. The maximum absolute atomic E-state index is 11.7. The molecule has 2 aromatic rings. The number of rotatable bonds is 3. The molecule has 0 aliphatic rings. The number of aromatic nitrogens is 3. The van der Waals surface area contributed by atoms with Gasteiger partial charge in [0.1, 0.15) is 0 Å². The fourth-order valence-corrected chi connectivity index (χ4v) is 1.57. The van der Waals surface area contributed by atoms with Gasteiger partial charge < -0.3 is 5.73 Å². The lowest BCUT2D eigenvalue weighted by Gasteiger charge is -2.06. The van der Waals surface area contributed by atoms with Gasteiger partial charge in [-0.1, -0.05) is 0 Å². The predicted molar refractivity (Wildman–Crippen MR) is 64.5 cm³/mol. The summed E-state index contributed by atoms with van der Waals surface area (Å²) in [5.41, 5.74) is 8.00. The van der Waals surface area contributed by atoms with Gasteiger partial charge in [-0.3, -0.25) is 14.3 Å². The van der Waals surface area contributed by atoms with E-state index in [1.807, 2.05) is 12.1 Å². The quantitative estimate of drug-likeness (QED) is 0.831. The molecule has 0 saturated carbocycles. The van der Waals surface area contributed by atoms with Crippen LogP contribution in [0.1, 0.15) is 17.0 Å². The molecule has 0 unspecified atom stereocenters. The summed E-state index contributed by atoms with van der Waals surface area (Å²) < 4.78 is 1.56. The third kappa shape index (κ3) is 2.76. The van der Waals surface area contributed by atoms with Crippen molar-refractivity contribution in [1.82, 2.24) is 14.5 Å². The highest BCUT2D eigenvalue weighted by Gasteiger charge is 2.00. The van der Waals surface area contributed by atoms with Crippen LogP contribution in [-0.4, -0.2) is 14.5 Å². The van der Waals surface area contributed by atoms with Crippen molar-refractivity contribution in [2.45, 2.75) is 20.0 Å². The van der Waals surface area contributed by atoms with Gasteiger partial charge >= 0.3 is 0 Å². The zero-order chi connectivity index (χ0) is 12.3. The fraction of sp³-hybridized carbons (Fsp3) is 0.250. The van der Waals surface area contributed by atoms with Crippen molar-refractivity contribution >= 4 is 0 Å². The Morgan fingerprint density at radius 3 is 2.88 bits per heavy atom. The second-order valence-corrected chi connectivity index (χ2v) is 3.86. The van der Waals surface area contributed by atoms with Crippen LogP contribution in [-0.2, 0) is 13.1 Å². The van der Waals surface area contributed by atoms with E-state index in [-0.39, 0.29) is 5.56 Å². The Morgan fingerprint density at radius 1 is 1.35 bits per heavy atom. The first-order valence-corrected chi connectivity index (χ1v) is 5.36. The van der Waals surface area contributed by atoms with E-state index < -0.39 is 0 Å². The molecule has 0 bridgehead atoms. The fourth-order valence-electron chi connectivity index (χ4n) is 1.57. The maximum Gasteiger partial charge on any atom is 0.253 e. The zero-order valence-corrected chi connectivity index (χ0v) is 9.63. The SMILES string of the molecule is Cc1cc(=O)n(Cc2ccnc(CN)c2)cn1. The zero-order valence-electron chi connectivity index (χ0n) is 9.63. The van der Waals surface area contributed by atoms with Crippen LogP contribution in [0, 0.1) is 6.92 Å². The normalized spacial score (nSPS) is 10.5. The lowest BCUT2D eigenvalue weighted by atomic mass is 10.2. The van der Waals surface area contributed by atoms with Crippen molar-refractivity contribution in [1.29, 1.82) is 0 Å². The molecule has 0 fully saturated rings. The smallest absolute Gasteiger partial charge is 0.253 e. The molecule has 2 N–H and O–H groups in total. The topological polar surface area (TPSA) is 73.8 Å². The summed E-state index contributed by atoms with van der Waals surface area (Å²) >= 11 is 0. The van der Waals surface area contributed by atoms with Crippen LogP contribution in [0.3, 0.4) is 0 Å². The summed E-state index contributed by atoms with van der Waals surface area (Å²) in [6.07, 6.45) is 3.25. The van der Waals surface area contributed by atoms with E-state index >= 15 is 0 Å². The van der Waals surface area contributed by atoms with Crippen LogP contribution in [0.15, 0.2) is 35.5 Å². The third-order valence-electron chi connectivity index (χ3n) is 2.46. The van der Waals surface area contributed by atoms with Gasteiger partial charge in [-0.25, -0.2) is 4.98 Å². The number of nitrogens with two attached hydrogens (primary N) is 1. The highest BCUT2D eigenvalue weighted by atomic mass is 16.1. The third-order valence-corrected chi connectivity index (χ3v) is 2.46. The molecule has 88 valence electrons. The minimum atomic E-state index is -0.0522. The van der Waals surface area contributed by atoms with Crippen molar-refractivity contribution < 1.29 is 0 Å². The van der Waals surface area contributed by atoms with Crippen LogP contribution in [0.4, 0.5) is 0 Å². The Morgan fingerprint density at radius 2 is 2.18 bits per heavy atom. The summed E-state index contributed by atoms with van der Waals surface area (Å²) in [6, 6.07) is 5.28. The molecule has 0 aliphatic carbocycles. The van der Waals surface area contributed by atoms with Gasteiger partial charge in [0.15, 0.2) is 0 Å². The van der Waals surface area contributed by atoms with E-state index in [1.165, 1.54) is 6.07 Å². The summed E-state index contributed by atoms with van der Waals surface area (Å²) in [5.74, 6) is 0. The Kier molecular flexibility index (Phi) is 3.30. The number of hydrogen-bond donors (Lipinski definition) is 1. The van der Waals surface area contributed by atoms with E-state index in [0.29, 0.717) is 13.1 Å². The van der Waals surface area contributed by atoms with Crippen molar-refractivity contribution in [3.63, 3.8) is 0 Å². The standard InChI is InChI=1S/C12H14N4O/c1-9-4-12(17)16(8-15-9)7-10-2-3-14-11(5-10)6-13/h2-5,8H,6-7,13H2,1H3. The van der Waals surface area contributed by atoms with Crippen LogP contribution in [0.2, 0.25) is 0 Å². The molecule has 5 heteroatoms. The molecule has 5 nitrogen and oxygen atoms in total. The van der Waals surface area contributed by atoms with Crippen molar-refractivity contribution in [2.24, 2.45) is 5.73 Å². The lowest BCUT2D eigenvalue weighted by Crippen LogP contribution is -2.20. The Hall–Kier alpha value is -2.01. The average Bonchev–Trinajstić information content (AvgIpc) is 2.33. The molecule has 2 rings (SSSR count). The van der Waals surface area contributed by atoms with Gasteiger partial charge in [-0.2, -0.15) is 0 Å². The summed E-state index contributed by atoms with van der Waals surface area (Å²) in [7, 11) is 0. The molecule has 0 saturated heterocycles. The molecular weight excluding hydrogens is 216 g/mol. The predicted octanol–water partition coefficient (Wildman–Crippen LogP) is 0.454. The van der Waals surface area contributed by atoms with E-state index in [4.69, 9.17) is 5.73 Å². The van der Waals surface area contributed by atoms with Gasteiger partial charge in [0.2, 0.25) is 0 Å². The number of hydrogen-bond acceptors (Lipinski definition) is 4. The molecule has 0 amide bonds. The Labute approximate surface area is 99.0 Å². The van der Waals surface area contributed by atoms with Gasteiger partial charge in [0.05, 0.1) is 18.6 Å². The van der Waals surface area contributed by atoms with E-state index in [0.717, 1.165) is 17.0 Å².